The zero-order valence-corrected chi connectivity index (χ0v) is 21.1. The highest BCUT2D eigenvalue weighted by Crippen LogP contribution is 2.34. The molecule has 1 aliphatic rings. The molecule has 9 nitrogen and oxygen atoms in total. The number of carbonyl (C=O) groups is 2. The molecule has 182 valence electrons. The number of ether oxygens (including phenoxy) is 1. The lowest BCUT2D eigenvalue weighted by atomic mass is 10.2. The van der Waals surface area contributed by atoms with E-state index < -0.39 is 15.3 Å². The number of sulfonamides is 1. The smallest absolute Gasteiger partial charge is 0.243 e. The van der Waals surface area contributed by atoms with E-state index in [4.69, 9.17) is 4.74 Å². The van der Waals surface area contributed by atoms with Crippen LogP contribution in [-0.2, 0) is 24.3 Å². The van der Waals surface area contributed by atoms with Crippen LogP contribution in [0, 0.1) is 0 Å². The molecule has 0 spiro atoms. The van der Waals surface area contributed by atoms with Gasteiger partial charge in [0.1, 0.15) is 5.25 Å². The molecule has 11 heteroatoms. The first-order valence-corrected chi connectivity index (χ1v) is 12.9. The molecule has 1 saturated heterocycles. The molecule has 0 unspecified atom stereocenters. The summed E-state index contributed by atoms with van der Waals surface area (Å²) >= 11 is 1.18. The molecule has 0 aromatic heterocycles. The lowest BCUT2D eigenvalue weighted by molar-refractivity contribution is -0.130. The van der Waals surface area contributed by atoms with Crippen LogP contribution < -0.4 is 5.32 Å². The Morgan fingerprint density at radius 2 is 1.91 bits per heavy atom. The normalized spacial score (nSPS) is 18.5. The van der Waals surface area contributed by atoms with Gasteiger partial charge in [-0.25, -0.2) is 17.7 Å². The minimum Gasteiger partial charge on any atom is -0.383 e. The third-order valence-corrected chi connectivity index (χ3v) is 8.03. The number of methoxy groups -OCH3 is 1. The van der Waals surface area contributed by atoms with Crippen LogP contribution in [0.5, 0.6) is 0 Å². The highest BCUT2D eigenvalue weighted by Gasteiger charge is 2.41. The van der Waals surface area contributed by atoms with Crippen LogP contribution in [0.4, 0.5) is 11.4 Å². The monoisotopic (exact) mass is 504 g/mol. The average Bonchev–Trinajstić information content (AvgIpc) is 3.09. The molecular weight excluding hydrogens is 476 g/mol. The number of amides is 2. The maximum atomic E-state index is 13.2. The second-order valence-corrected chi connectivity index (χ2v) is 11.2. The fourth-order valence-corrected chi connectivity index (χ4v) is 5.54. The number of nitrogens with zero attached hydrogens (tertiary/aromatic N) is 3. The van der Waals surface area contributed by atoms with Crippen molar-refractivity contribution >= 4 is 50.1 Å². The summed E-state index contributed by atoms with van der Waals surface area (Å²) in [7, 11) is 0.822. The quantitative estimate of drug-likeness (QED) is 0.563. The van der Waals surface area contributed by atoms with E-state index in [1.54, 1.807) is 31.4 Å². The maximum Gasteiger partial charge on any atom is 0.243 e. The molecule has 2 atom stereocenters. The molecule has 3 rings (SSSR count). The number of anilines is 1. The largest absolute Gasteiger partial charge is 0.383 e. The van der Waals surface area contributed by atoms with E-state index in [2.05, 4.69) is 10.3 Å². The van der Waals surface area contributed by atoms with Crippen molar-refractivity contribution in [3.8, 4) is 0 Å². The fraction of sp³-hybridized carbons (Fsp3) is 0.348. The van der Waals surface area contributed by atoms with Crippen molar-refractivity contribution in [3.05, 3.63) is 54.6 Å². The molecule has 34 heavy (non-hydrogen) atoms. The number of benzene rings is 2. The number of aliphatic imine (C=N–C) groups is 1. The molecule has 1 fully saturated rings. The van der Waals surface area contributed by atoms with Gasteiger partial charge in [-0.2, -0.15) is 0 Å². The number of hydrogen-bond donors (Lipinski definition) is 1. The Morgan fingerprint density at radius 3 is 2.56 bits per heavy atom. The van der Waals surface area contributed by atoms with E-state index in [1.807, 2.05) is 25.1 Å². The van der Waals surface area contributed by atoms with E-state index in [0.717, 1.165) is 4.31 Å². The molecule has 1 heterocycles. The Morgan fingerprint density at radius 1 is 1.21 bits per heavy atom. The Kier molecular flexibility index (Phi) is 8.47. The zero-order valence-electron chi connectivity index (χ0n) is 19.5. The van der Waals surface area contributed by atoms with Crippen molar-refractivity contribution in [2.75, 3.05) is 33.1 Å². The van der Waals surface area contributed by atoms with Crippen molar-refractivity contribution in [1.29, 1.82) is 0 Å². The predicted octanol–water partition coefficient (Wildman–Crippen LogP) is 2.93. The van der Waals surface area contributed by atoms with Crippen LogP contribution >= 0.6 is 11.8 Å². The minimum atomic E-state index is -3.63. The van der Waals surface area contributed by atoms with Crippen molar-refractivity contribution in [2.45, 2.75) is 29.5 Å². The van der Waals surface area contributed by atoms with Crippen molar-refractivity contribution in [3.63, 3.8) is 0 Å². The minimum absolute atomic E-state index is 0.0251. The van der Waals surface area contributed by atoms with Gasteiger partial charge in [0.05, 0.1) is 23.2 Å². The highest BCUT2D eigenvalue weighted by atomic mass is 32.2. The summed E-state index contributed by atoms with van der Waals surface area (Å²) in [5.74, 6) is -0.523. The molecule has 2 aromatic carbocycles. The predicted molar refractivity (Wildman–Crippen MR) is 134 cm³/mol. The lowest BCUT2D eigenvalue weighted by Crippen LogP contribution is -2.42. The summed E-state index contributed by atoms with van der Waals surface area (Å²) in [5, 5.41) is 2.54. The van der Waals surface area contributed by atoms with E-state index in [-0.39, 0.29) is 35.8 Å². The van der Waals surface area contributed by atoms with Crippen LogP contribution in [0.1, 0.15) is 13.3 Å². The summed E-state index contributed by atoms with van der Waals surface area (Å²) in [6.45, 7) is 2.11. The average molecular weight is 505 g/mol. The summed E-state index contributed by atoms with van der Waals surface area (Å²) in [6, 6.07) is 14.9. The number of nitrogens with one attached hydrogen (secondary N) is 1. The van der Waals surface area contributed by atoms with E-state index in [9.17, 15) is 18.0 Å². The van der Waals surface area contributed by atoms with Crippen LogP contribution in [0.3, 0.4) is 0 Å². The first-order valence-electron chi connectivity index (χ1n) is 10.6. The van der Waals surface area contributed by atoms with Gasteiger partial charge in [0.25, 0.3) is 0 Å². The van der Waals surface area contributed by atoms with Gasteiger partial charge < -0.3 is 10.1 Å². The Labute approximate surface area is 204 Å². The number of carbonyl (C=O) groups excluding carboxylic acids is 2. The number of thioether (sulfide) groups is 1. The van der Waals surface area contributed by atoms with Gasteiger partial charge in [0, 0.05) is 33.3 Å². The molecular formula is C23H28N4O5S2. The zero-order chi connectivity index (χ0) is 24.9. The number of hydrogen-bond acceptors (Lipinski definition) is 7. The molecule has 0 radical (unpaired) electrons. The Hall–Kier alpha value is -2.73. The molecule has 1 aliphatic heterocycles. The SMILES string of the molecule is COC[C@H](C)N1C(=O)[C@H](CC(=O)Nc2ccccc2)SC1=Nc1cccc(S(=O)(=O)N(C)C)c1. The van der Waals surface area contributed by atoms with Gasteiger partial charge in [-0.1, -0.05) is 36.0 Å². The van der Waals surface area contributed by atoms with Gasteiger partial charge >= 0.3 is 0 Å². The van der Waals surface area contributed by atoms with Crippen molar-refractivity contribution in [2.24, 2.45) is 4.99 Å². The van der Waals surface area contributed by atoms with Gasteiger partial charge in [0.2, 0.25) is 21.8 Å². The maximum absolute atomic E-state index is 13.2. The van der Waals surface area contributed by atoms with Crippen LogP contribution in [-0.4, -0.2) is 73.7 Å². The standard InChI is InChI=1S/C23H28N4O5S2/c1-16(15-32-4)27-22(29)20(14-21(28)24-17-9-6-5-7-10-17)33-23(27)25-18-11-8-12-19(13-18)34(30,31)26(2)3/h5-13,16,20H,14-15H2,1-4H3,(H,24,28)/t16-,20-/m0/s1. The molecule has 0 aliphatic carbocycles. The van der Waals surface area contributed by atoms with Crippen LogP contribution in [0.2, 0.25) is 0 Å². The Balaban J connectivity index is 1.87. The number of rotatable bonds is 9. The van der Waals surface area contributed by atoms with Gasteiger partial charge in [-0.15, -0.1) is 0 Å². The topological polar surface area (TPSA) is 108 Å². The number of para-hydroxylation sites is 1. The van der Waals surface area contributed by atoms with Crippen molar-refractivity contribution in [1.82, 2.24) is 9.21 Å². The molecule has 2 amide bonds. The second-order valence-electron chi connectivity index (χ2n) is 7.92. The third-order valence-electron chi connectivity index (χ3n) is 5.06. The third kappa shape index (κ3) is 6.03. The van der Waals surface area contributed by atoms with E-state index in [0.29, 0.717) is 16.5 Å². The molecule has 1 N–H and O–H groups in total. The summed E-state index contributed by atoms with van der Waals surface area (Å²) in [6.07, 6.45) is -0.0251. The number of amidine groups is 1. The van der Waals surface area contributed by atoms with Crippen LogP contribution in [0.25, 0.3) is 0 Å². The fourth-order valence-electron chi connectivity index (χ4n) is 3.35. The first-order chi connectivity index (χ1) is 16.1. The van der Waals surface area contributed by atoms with Gasteiger partial charge in [0.15, 0.2) is 5.17 Å². The van der Waals surface area contributed by atoms with Gasteiger partial charge in [-0.3, -0.25) is 14.5 Å². The summed E-state index contributed by atoms with van der Waals surface area (Å²) in [5.41, 5.74) is 1.04. The summed E-state index contributed by atoms with van der Waals surface area (Å²) in [4.78, 5) is 32.0. The molecule has 0 saturated carbocycles. The van der Waals surface area contributed by atoms with Gasteiger partial charge in [-0.05, 0) is 37.3 Å². The lowest BCUT2D eigenvalue weighted by Gasteiger charge is -2.23. The molecule has 2 aromatic rings. The highest BCUT2D eigenvalue weighted by molar-refractivity contribution is 8.15. The second kappa shape index (κ2) is 11.1. The first kappa shape index (κ1) is 25.9. The van der Waals surface area contributed by atoms with Crippen LogP contribution in [0.15, 0.2) is 64.5 Å². The van der Waals surface area contributed by atoms with E-state index in [1.165, 1.54) is 42.9 Å². The van der Waals surface area contributed by atoms with E-state index >= 15 is 0 Å². The summed E-state index contributed by atoms with van der Waals surface area (Å²) < 4.78 is 31.4. The molecule has 0 bridgehead atoms. The Bertz CT molecular complexity index is 1170. The van der Waals surface area contributed by atoms with Crippen molar-refractivity contribution < 1.29 is 22.7 Å².